The van der Waals surface area contributed by atoms with Gasteiger partial charge in [-0.3, -0.25) is 0 Å². The summed E-state index contributed by atoms with van der Waals surface area (Å²) in [5.41, 5.74) is 4.33. The molecule has 2 N–H and O–H groups in total. The summed E-state index contributed by atoms with van der Waals surface area (Å²) in [7, 11) is 0. The summed E-state index contributed by atoms with van der Waals surface area (Å²) < 4.78 is 9.55. The Morgan fingerprint density at radius 3 is 2.69 bits per heavy atom. The van der Waals surface area contributed by atoms with Gasteiger partial charge < -0.3 is 19.5 Å². The number of hydrogen-bond donors (Lipinski definition) is 2. The first-order chi connectivity index (χ1) is 14.0. The molecule has 0 spiro atoms. The van der Waals surface area contributed by atoms with Gasteiger partial charge in [-0.05, 0) is 84.5 Å². The maximum Gasteiger partial charge on any atom is 0.143 e. The Morgan fingerprint density at radius 2 is 1.86 bits per heavy atom. The third-order valence-corrected chi connectivity index (χ3v) is 7.39. The number of rotatable bonds is 3. The van der Waals surface area contributed by atoms with E-state index in [9.17, 15) is 10.2 Å². The highest BCUT2D eigenvalue weighted by atomic mass is 127. The summed E-state index contributed by atoms with van der Waals surface area (Å²) in [5, 5.41) is 22.5. The van der Waals surface area contributed by atoms with E-state index in [-0.39, 0.29) is 6.04 Å². The van der Waals surface area contributed by atoms with Crippen molar-refractivity contribution in [1.82, 2.24) is 14.5 Å². The van der Waals surface area contributed by atoms with Crippen LogP contribution in [0.1, 0.15) is 42.1 Å². The Kier molecular flexibility index (Phi) is 4.99. The first-order valence-electron chi connectivity index (χ1n) is 10.2. The SMILES string of the molecule is Cc1ncnc2c1ccn2[C@@H]1C[C@H](Oc2ccc(I)c3c2CCCC3)[C@@H](O)[C@H]1O. The van der Waals surface area contributed by atoms with E-state index >= 15 is 0 Å². The fourth-order valence-electron chi connectivity index (χ4n) is 4.79. The van der Waals surface area contributed by atoms with Gasteiger partial charge in [0.05, 0.1) is 11.7 Å². The fourth-order valence-corrected chi connectivity index (χ4v) is 5.56. The zero-order valence-corrected chi connectivity index (χ0v) is 18.4. The van der Waals surface area contributed by atoms with Gasteiger partial charge in [0.2, 0.25) is 0 Å². The second-order valence-electron chi connectivity index (χ2n) is 8.07. The van der Waals surface area contributed by atoms with Crippen LogP contribution in [0, 0.1) is 10.5 Å². The molecule has 3 aromatic rings. The van der Waals surface area contributed by atoms with E-state index in [0.717, 1.165) is 41.7 Å². The van der Waals surface area contributed by atoms with Gasteiger partial charge >= 0.3 is 0 Å². The smallest absolute Gasteiger partial charge is 0.143 e. The van der Waals surface area contributed by atoms with Crippen LogP contribution in [0.3, 0.4) is 0 Å². The van der Waals surface area contributed by atoms with Gasteiger partial charge in [0.25, 0.3) is 0 Å². The summed E-state index contributed by atoms with van der Waals surface area (Å²) >= 11 is 2.39. The molecule has 2 aliphatic carbocycles. The number of ether oxygens (including phenoxy) is 1. The lowest BCUT2D eigenvalue weighted by Crippen LogP contribution is -2.34. The van der Waals surface area contributed by atoms with Crippen molar-refractivity contribution in [2.24, 2.45) is 0 Å². The number of fused-ring (bicyclic) bond motifs is 2. The number of nitrogens with zero attached hydrogens (tertiary/aromatic N) is 3. The maximum absolute atomic E-state index is 10.8. The molecular weight excluding hydrogens is 481 g/mol. The molecule has 0 unspecified atom stereocenters. The van der Waals surface area contributed by atoms with Crippen LogP contribution in [-0.2, 0) is 12.8 Å². The van der Waals surface area contributed by atoms with Crippen molar-refractivity contribution in [1.29, 1.82) is 0 Å². The Balaban J connectivity index is 1.44. The Hall–Kier alpha value is -1.71. The molecule has 6 nitrogen and oxygen atoms in total. The predicted molar refractivity (Wildman–Crippen MR) is 118 cm³/mol. The van der Waals surface area contributed by atoms with Crippen LogP contribution >= 0.6 is 22.6 Å². The minimum absolute atomic E-state index is 0.290. The van der Waals surface area contributed by atoms with Crippen LogP contribution in [0.4, 0.5) is 0 Å². The van der Waals surface area contributed by atoms with Crippen LogP contribution in [0.2, 0.25) is 0 Å². The molecular formula is C22H24IN3O3. The van der Waals surface area contributed by atoms with Crippen molar-refractivity contribution >= 4 is 33.6 Å². The molecule has 5 rings (SSSR count). The first-order valence-corrected chi connectivity index (χ1v) is 11.2. The highest BCUT2D eigenvalue weighted by Crippen LogP contribution is 2.39. The molecule has 29 heavy (non-hydrogen) atoms. The third-order valence-electron chi connectivity index (χ3n) is 6.38. The fraction of sp³-hybridized carbons (Fsp3) is 0.455. The van der Waals surface area contributed by atoms with E-state index in [1.165, 1.54) is 27.4 Å². The standard InChI is InChI=1S/C22H24IN3O3/c1-12-13-8-9-26(22(13)25-11-24-12)17-10-19(21(28)20(17)27)29-18-7-6-16(23)14-4-2-3-5-15(14)18/h6-9,11,17,19-21,27-28H,2-5,10H2,1H3/t17-,19+,20+,21-/m1/s1. The number of aliphatic hydroxyl groups excluding tert-OH is 2. The largest absolute Gasteiger partial charge is 0.487 e. The summed E-state index contributed by atoms with van der Waals surface area (Å²) in [6.07, 6.45) is 6.13. The normalized spacial score (nSPS) is 26.6. The van der Waals surface area contributed by atoms with Gasteiger partial charge in [-0.2, -0.15) is 0 Å². The van der Waals surface area contributed by atoms with E-state index in [4.69, 9.17) is 4.74 Å². The summed E-state index contributed by atoms with van der Waals surface area (Å²) in [6, 6.07) is 5.78. The van der Waals surface area contributed by atoms with E-state index in [1.54, 1.807) is 0 Å². The molecule has 1 aromatic carbocycles. The Morgan fingerprint density at radius 1 is 1.07 bits per heavy atom. The van der Waals surface area contributed by atoms with Crippen molar-refractivity contribution in [3.63, 3.8) is 0 Å². The van der Waals surface area contributed by atoms with Crippen molar-refractivity contribution in [2.75, 3.05) is 0 Å². The Bertz CT molecular complexity index is 1070. The van der Waals surface area contributed by atoms with Crippen LogP contribution < -0.4 is 4.74 Å². The molecule has 1 fully saturated rings. The lowest BCUT2D eigenvalue weighted by molar-refractivity contribution is -0.0166. The molecule has 0 saturated heterocycles. The zero-order chi connectivity index (χ0) is 20.1. The van der Waals surface area contributed by atoms with E-state index in [1.807, 2.05) is 29.8 Å². The first kappa shape index (κ1) is 19.3. The van der Waals surface area contributed by atoms with Crippen LogP contribution in [0.25, 0.3) is 11.0 Å². The lowest BCUT2D eigenvalue weighted by Gasteiger charge is -2.24. The quantitative estimate of drug-likeness (QED) is 0.534. The average molecular weight is 505 g/mol. The Labute approximate surface area is 183 Å². The number of halogens is 1. The number of hydrogen-bond acceptors (Lipinski definition) is 5. The van der Waals surface area contributed by atoms with Gasteiger partial charge in [0.1, 0.15) is 36.0 Å². The predicted octanol–water partition coefficient (Wildman–Crippen LogP) is 3.34. The second kappa shape index (κ2) is 7.52. The van der Waals surface area contributed by atoms with Crippen molar-refractivity contribution < 1.29 is 14.9 Å². The molecule has 0 aliphatic heterocycles. The van der Waals surface area contributed by atoms with Crippen LogP contribution in [-0.4, -0.2) is 43.1 Å². The average Bonchev–Trinajstić information content (AvgIpc) is 3.28. The summed E-state index contributed by atoms with van der Waals surface area (Å²) in [5.74, 6) is 0.854. The van der Waals surface area contributed by atoms with Crippen LogP contribution in [0.15, 0.2) is 30.7 Å². The van der Waals surface area contributed by atoms with Crippen molar-refractivity contribution in [3.05, 3.63) is 51.1 Å². The van der Waals surface area contributed by atoms with E-state index in [0.29, 0.717) is 6.42 Å². The van der Waals surface area contributed by atoms with Crippen LogP contribution in [0.5, 0.6) is 5.75 Å². The van der Waals surface area contributed by atoms with Gasteiger partial charge in [0, 0.05) is 21.6 Å². The number of benzene rings is 1. The van der Waals surface area contributed by atoms with Gasteiger partial charge in [-0.1, -0.05) is 0 Å². The molecule has 0 radical (unpaired) electrons. The van der Waals surface area contributed by atoms with Gasteiger partial charge in [0.15, 0.2) is 0 Å². The molecule has 1 saturated carbocycles. The second-order valence-corrected chi connectivity index (χ2v) is 9.23. The van der Waals surface area contributed by atoms with Crippen molar-refractivity contribution in [2.45, 2.75) is 63.4 Å². The van der Waals surface area contributed by atoms with Crippen molar-refractivity contribution in [3.8, 4) is 5.75 Å². The minimum Gasteiger partial charge on any atom is -0.487 e. The molecule has 0 amide bonds. The molecule has 0 bridgehead atoms. The molecule has 2 aromatic heterocycles. The molecule has 7 heteroatoms. The summed E-state index contributed by atoms with van der Waals surface area (Å²) in [6.45, 7) is 1.94. The highest BCUT2D eigenvalue weighted by Gasteiger charge is 2.44. The maximum atomic E-state index is 10.8. The monoisotopic (exact) mass is 505 g/mol. The lowest BCUT2D eigenvalue weighted by atomic mass is 9.91. The molecule has 2 aliphatic rings. The van der Waals surface area contributed by atoms with E-state index < -0.39 is 18.3 Å². The molecule has 2 heterocycles. The third kappa shape index (κ3) is 3.23. The number of aromatic nitrogens is 3. The zero-order valence-electron chi connectivity index (χ0n) is 16.3. The number of aryl methyl sites for hydroxylation is 1. The topological polar surface area (TPSA) is 80.4 Å². The van der Waals surface area contributed by atoms with Gasteiger partial charge in [-0.15, -0.1) is 0 Å². The highest BCUT2D eigenvalue weighted by molar-refractivity contribution is 14.1. The molecule has 4 atom stereocenters. The summed E-state index contributed by atoms with van der Waals surface area (Å²) in [4.78, 5) is 8.64. The van der Waals surface area contributed by atoms with E-state index in [2.05, 4.69) is 38.6 Å². The number of aliphatic hydroxyl groups is 2. The molecule has 152 valence electrons. The minimum atomic E-state index is -0.945. The van der Waals surface area contributed by atoms with Gasteiger partial charge in [-0.25, -0.2) is 9.97 Å².